The summed E-state index contributed by atoms with van der Waals surface area (Å²) in [6.45, 7) is 0. The van der Waals surface area contributed by atoms with Crippen LogP contribution >= 0.6 is 0 Å². The molecular formula is C48H31NO. The van der Waals surface area contributed by atoms with Gasteiger partial charge in [0.15, 0.2) is 5.58 Å². The van der Waals surface area contributed by atoms with Crippen LogP contribution in [0, 0.1) is 0 Å². The van der Waals surface area contributed by atoms with Crippen molar-refractivity contribution in [2.45, 2.75) is 0 Å². The van der Waals surface area contributed by atoms with E-state index >= 15 is 0 Å². The summed E-state index contributed by atoms with van der Waals surface area (Å²) >= 11 is 0. The Labute approximate surface area is 290 Å². The van der Waals surface area contributed by atoms with E-state index in [0.29, 0.717) is 0 Å². The van der Waals surface area contributed by atoms with Crippen molar-refractivity contribution >= 4 is 71.3 Å². The van der Waals surface area contributed by atoms with E-state index in [9.17, 15) is 0 Å². The molecular weight excluding hydrogens is 607 g/mol. The van der Waals surface area contributed by atoms with Gasteiger partial charge in [0.05, 0.1) is 11.4 Å². The number of nitrogens with zero attached hydrogens (tertiary/aromatic N) is 1. The van der Waals surface area contributed by atoms with Crippen molar-refractivity contribution in [3.05, 3.63) is 188 Å². The fourth-order valence-electron chi connectivity index (χ4n) is 7.78. The lowest BCUT2D eigenvalue weighted by Gasteiger charge is -2.28. The maximum Gasteiger partial charge on any atom is 0.159 e. The molecule has 234 valence electrons. The van der Waals surface area contributed by atoms with Gasteiger partial charge in [0, 0.05) is 21.8 Å². The summed E-state index contributed by atoms with van der Waals surface area (Å²) in [5.41, 5.74) is 9.61. The Bertz CT molecular complexity index is 2880. The van der Waals surface area contributed by atoms with E-state index in [1.54, 1.807) is 0 Å². The Hall–Kier alpha value is -6.64. The zero-order chi connectivity index (χ0) is 33.0. The van der Waals surface area contributed by atoms with Gasteiger partial charge in [0.1, 0.15) is 5.58 Å². The number of fused-ring (bicyclic) bond motifs is 7. The van der Waals surface area contributed by atoms with Crippen molar-refractivity contribution in [2.24, 2.45) is 0 Å². The van der Waals surface area contributed by atoms with Crippen LogP contribution in [-0.2, 0) is 0 Å². The van der Waals surface area contributed by atoms with E-state index in [4.69, 9.17) is 4.42 Å². The molecule has 0 saturated heterocycles. The molecule has 0 fully saturated rings. The van der Waals surface area contributed by atoms with Crippen LogP contribution in [0.25, 0.3) is 76.5 Å². The summed E-state index contributed by atoms with van der Waals surface area (Å²) in [4.78, 5) is 2.40. The maximum atomic E-state index is 6.90. The van der Waals surface area contributed by atoms with Gasteiger partial charge < -0.3 is 9.32 Å². The topological polar surface area (TPSA) is 16.4 Å². The Balaban J connectivity index is 1.28. The zero-order valence-corrected chi connectivity index (χ0v) is 27.3. The predicted molar refractivity (Wildman–Crippen MR) is 212 cm³/mol. The van der Waals surface area contributed by atoms with Gasteiger partial charge in [-0.25, -0.2) is 0 Å². The van der Waals surface area contributed by atoms with Crippen LogP contribution in [0.3, 0.4) is 0 Å². The van der Waals surface area contributed by atoms with Gasteiger partial charge in [-0.05, 0) is 79.5 Å². The minimum absolute atomic E-state index is 0.860. The molecule has 0 aliphatic rings. The highest BCUT2D eigenvalue weighted by atomic mass is 16.3. The lowest BCUT2D eigenvalue weighted by Crippen LogP contribution is -2.11. The third-order valence-electron chi connectivity index (χ3n) is 10.0. The standard InChI is InChI=1S/C48H31NO/c1-2-14-33(15-3-1)40-26-13-29-46-47(40)43-27-12-28-44(48(43)50-46)49(45-31-35-17-5-7-22-39(35)41-23-8-9-24-42(41)45)36-20-10-19-34(30-36)38-25-11-18-32-16-4-6-21-37(32)38/h1-31H. The monoisotopic (exact) mass is 637 g/mol. The lowest BCUT2D eigenvalue weighted by atomic mass is 9.96. The minimum Gasteiger partial charge on any atom is -0.454 e. The largest absolute Gasteiger partial charge is 0.454 e. The number of rotatable bonds is 5. The molecule has 0 spiro atoms. The molecule has 0 aliphatic carbocycles. The first kappa shape index (κ1) is 28.4. The first-order valence-corrected chi connectivity index (χ1v) is 17.1. The highest BCUT2D eigenvalue weighted by Crippen LogP contribution is 2.47. The predicted octanol–water partition coefficient (Wildman–Crippen LogP) is 13.8. The van der Waals surface area contributed by atoms with Crippen molar-refractivity contribution in [3.8, 4) is 22.3 Å². The zero-order valence-electron chi connectivity index (χ0n) is 27.3. The van der Waals surface area contributed by atoms with Crippen molar-refractivity contribution < 1.29 is 4.42 Å². The van der Waals surface area contributed by atoms with Gasteiger partial charge in [-0.1, -0.05) is 158 Å². The summed E-state index contributed by atoms with van der Waals surface area (Å²) in [5, 5.41) is 9.53. The van der Waals surface area contributed by atoms with Gasteiger partial charge in [-0.2, -0.15) is 0 Å². The van der Waals surface area contributed by atoms with E-state index in [1.807, 2.05) is 0 Å². The number of furan rings is 1. The van der Waals surface area contributed by atoms with Gasteiger partial charge in [0.2, 0.25) is 0 Å². The second-order valence-electron chi connectivity index (χ2n) is 12.9. The molecule has 50 heavy (non-hydrogen) atoms. The van der Waals surface area contributed by atoms with Gasteiger partial charge in [-0.3, -0.25) is 0 Å². The average Bonchev–Trinajstić information content (AvgIpc) is 3.58. The first-order valence-electron chi connectivity index (χ1n) is 17.1. The lowest BCUT2D eigenvalue weighted by molar-refractivity contribution is 0.669. The number of benzene rings is 9. The fraction of sp³-hybridized carbons (Fsp3) is 0. The SMILES string of the molecule is c1ccc(-c2cccc3oc4c(N(c5cccc(-c6cccc7ccccc67)c5)c5cc6ccccc6c6ccccc56)cccc4c23)cc1. The third-order valence-corrected chi connectivity index (χ3v) is 10.0. The summed E-state index contributed by atoms with van der Waals surface area (Å²) in [5.74, 6) is 0. The molecule has 0 radical (unpaired) electrons. The van der Waals surface area contributed by atoms with Crippen LogP contribution in [0.2, 0.25) is 0 Å². The summed E-state index contributed by atoms with van der Waals surface area (Å²) in [6, 6.07) is 67.4. The van der Waals surface area contributed by atoms with Gasteiger partial charge in [-0.15, -0.1) is 0 Å². The molecule has 2 heteroatoms. The van der Waals surface area contributed by atoms with Gasteiger partial charge >= 0.3 is 0 Å². The first-order chi connectivity index (χ1) is 24.8. The second-order valence-corrected chi connectivity index (χ2v) is 12.9. The van der Waals surface area contributed by atoms with Crippen molar-refractivity contribution in [2.75, 3.05) is 4.90 Å². The number of hydrogen-bond acceptors (Lipinski definition) is 2. The molecule has 0 saturated carbocycles. The quantitative estimate of drug-likeness (QED) is 0.175. The smallest absolute Gasteiger partial charge is 0.159 e. The second kappa shape index (κ2) is 11.5. The Morgan fingerprint density at radius 2 is 0.980 bits per heavy atom. The summed E-state index contributed by atoms with van der Waals surface area (Å²) in [7, 11) is 0. The van der Waals surface area contributed by atoms with Crippen LogP contribution in [0.5, 0.6) is 0 Å². The van der Waals surface area contributed by atoms with Crippen molar-refractivity contribution in [3.63, 3.8) is 0 Å². The van der Waals surface area contributed by atoms with E-state index in [2.05, 4.69) is 193 Å². The maximum absolute atomic E-state index is 6.90. The van der Waals surface area contributed by atoms with E-state index < -0.39 is 0 Å². The van der Waals surface area contributed by atoms with Crippen molar-refractivity contribution in [1.82, 2.24) is 0 Å². The van der Waals surface area contributed by atoms with Crippen LogP contribution in [0.4, 0.5) is 17.1 Å². The molecule has 0 bridgehead atoms. The summed E-state index contributed by atoms with van der Waals surface area (Å²) in [6.07, 6.45) is 0. The highest BCUT2D eigenvalue weighted by molar-refractivity contribution is 6.18. The van der Waals surface area contributed by atoms with Crippen LogP contribution < -0.4 is 4.90 Å². The number of anilines is 3. The molecule has 0 unspecified atom stereocenters. The number of para-hydroxylation sites is 1. The molecule has 10 rings (SSSR count). The molecule has 0 amide bonds. The Morgan fingerprint density at radius 3 is 1.86 bits per heavy atom. The highest BCUT2D eigenvalue weighted by Gasteiger charge is 2.23. The normalized spacial score (nSPS) is 11.6. The molecule has 2 nitrogen and oxygen atoms in total. The molecule has 1 heterocycles. The fourth-order valence-corrected chi connectivity index (χ4v) is 7.78. The average molecular weight is 638 g/mol. The third kappa shape index (κ3) is 4.50. The molecule has 9 aromatic carbocycles. The van der Waals surface area contributed by atoms with Crippen LogP contribution in [0.1, 0.15) is 0 Å². The molecule has 0 N–H and O–H groups in total. The van der Waals surface area contributed by atoms with Crippen LogP contribution in [0.15, 0.2) is 192 Å². The van der Waals surface area contributed by atoms with E-state index in [1.165, 1.54) is 49.0 Å². The molecule has 0 atom stereocenters. The van der Waals surface area contributed by atoms with E-state index in [-0.39, 0.29) is 0 Å². The summed E-state index contributed by atoms with van der Waals surface area (Å²) < 4.78 is 6.90. The van der Waals surface area contributed by atoms with Crippen molar-refractivity contribution in [1.29, 1.82) is 0 Å². The minimum atomic E-state index is 0.860. The number of hydrogen-bond donors (Lipinski definition) is 0. The molecule has 10 aromatic rings. The Kier molecular flexibility index (Phi) is 6.53. The Morgan fingerprint density at radius 1 is 0.360 bits per heavy atom. The van der Waals surface area contributed by atoms with E-state index in [0.717, 1.165) is 44.6 Å². The molecule has 1 aromatic heterocycles. The van der Waals surface area contributed by atoms with Crippen LogP contribution in [-0.4, -0.2) is 0 Å². The molecule has 0 aliphatic heterocycles. The van der Waals surface area contributed by atoms with Gasteiger partial charge in [0.25, 0.3) is 0 Å².